The highest BCUT2D eigenvalue weighted by molar-refractivity contribution is 6.74. The number of allylic oxidation sites excluding steroid dienone is 1. The Bertz CT molecular complexity index is 895. The normalized spacial score (nSPS) is 26.9. The molecule has 2 aliphatic heterocycles. The van der Waals surface area contributed by atoms with Gasteiger partial charge >= 0.3 is 5.97 Å². The van der Waals surface area contributed by atoms with Crippen molar-refractivity contribution in [1.82, 2.24) is 0 Å². The van der Waals surface area contributed by atoms with Gasteiger partial charge in [-0.15, -0.1) is 13.2 Å². The highest BCUT2D eigenvalue weighted by Crippen LogP contribution is 2.37. The molecule has 2 heterocycles. The van der Waals surface area contributed by atoms with Crippen LogP contribution in [-0.4, -0.2) is 77.2 Å². The fourth-order valence-electron chi connectivity index (χ4n) is 4.75. The van der Waals surface area contributed by atoms with Crippen LogP contribution in [-0.2, 0) is 37.6 Å². The molecule has 0 unspecified atom stereocenters. The quantitative estimate of drug-likeness (QED) is 0.0510. The van der Waals surface area contributed by atoms with Crippen molar-refractivity contribution in [3.63, 3.8) is 0 Å². The molecule has 0 spiro atoms. The smallest absolute Gasteiger partial charge is 0.306 e. The summed E-state index contributed by atoms with van der Waals surface area (Å²) >= 11 is 0. The lowest BCUT2D eigenvalue weighted by atomic mass is 9.97. The molecule has 242 valence electrons. The van der Waals surface area contributed by atoms with Gasteiger partial charge < -0.3 is 32.8 Å². The molecular weight excluding hydrogens is 552 g/mol. The van der Waals surface area contributed by atoms with Gasteiger partial charge in [0.25, 0.3) is 0 Å². The molecule has 0 aromatic heterocycles. The third-order valence-corrected chi connectivity index (χ3v) is 12.9. The van der Waals surface area contributed by atoms with Crippen molar-refractivity contribution in [1.29, 1.82) is 0 Å². The van der Waals surface area contributed by atoms with Crippen LogP contribution in [0.4, 0.5) is 0 Å². The highest BCUT2D eigenvalue weighted by Gasteiger charge is 2.42. The van der Waals surface area contributed by atoms with Crippen molar-refractivity contribution in [2.75, 3.05) is 20.5 Å². The number of hydrogen-bond acceptors (Lipinski definition) is 8. The van der Waals surface area contributed by atoms with Crippen LogP contribution in [0.2, 0.25) is 18.1 Å². The van der Waals surface area contributed by atoms with Crippen LogP contribution in [0.25, 0.3) is 0 Å². The van der Waals surface area contributed by atoms with Crippen molar-refractivity contribution in [2.45, 2.75) is 135 Å². The van der Waals surface area contributed by atoms with E-state index in [2.05, 4.69) is 53.9 Å². The Morgan fingerprint density at radius 1 is 1.02 bits per heavy atom. The van der Waals surface area contributed by atoms with Gasteiger partial charge in [-0.25, -0.2) is 0 Å². The van der Waals surface area contributed by atoms with Gasteiger partial charge in [0.2, 0.25) is 0 Å². The Labute approximate surface area is 256 Å². The van der Waals surface area contributed by atoms with E-state index in [-0.39, 0.29) is 66.6 Å². The van der Waals surface area contributed by atoms with E-state index in [1.165, 1.54) is 0 Å². The highest BCUT2D eigenvalue weighted by atomic mass is 28.4. The molecule has 0 saturated carbocycles. The average molecular weight is 611 g/mol. The van der Waals surface area contributed by atoms with Crippen molar-refractivity contribution in [3.8, 4) is 0 Å². The van der Waals surface area contributed by atoms with Gasteiger partial charge in [0.05, 0.1) is 12.2 Å². The van der Waals surface area contributed by atoms with E-state index in [4.69, 9.17) is 32.8 Å². The summed E-state index contributed by atoms with van der Waals surface area (Å²) in [4.78, 5) is 13.2. The molecule has 8 atom stereocenters. The zero-order valence-corrected chi connectivity index (χ0v) is 28.9. The summed E-state index contributed by atoms with van der Waals surface area (Å²) in [6.45, 7) is 27.6. The topological polar surface area (TPSA) is 85.0 Å². The van der Waals surface area contributed by atoms with Crippen molar-refractivity contribution >= 4 is 14.3 Å². The molecule has 0 aliphatic carbocycles. The van der Waals surface area contributed by atoms with Crippen LogP contribution >= 0.6 is 0 Å². The Hall–Kier alpha value is -1.33. The third kappa shape index (κ3) is 12.0. The molecule has 2 rings (SSSR count). The van der Waals surface area contributed by atoms with Crippen molar-refractivity contribution in [3.05, 3.63) is 37.5 Å². The monoisotopic (exact) mass is 610 g/mol. The average Bonchev–Trinajstić information content (AvgIpc) is 3.57. The molecule has 0 aromatic carbocycles. The van der Waals surface area contributed by atoms with Gasteiger partial charge in [-0.05, 0) is 56.7 Å². The second kappa shape index (κ2) is 16.1. The maximum atomic E-state index is 13.2. The molecule has 0 radical (unpaired) electrons. The first-order valence-corrected chi connectivity index (χ1v) is 18.3. The lowest BCUT2D eigenvalue weighted by molar-refractivity contribution is -0.169. The summed E-state index contributed by atoms with van der Waals surface area (Å²) in [6, 6.07) is 0. The largest absolute Gasteiger partial charge is 0.459 e. The zero-order valence-electron chi connectivity index (χ0n) is 27.9. The van der Waals surface area contributed by atoms with Crippen LogP contribution in [0.3, 0.4) is 0 Å². The molecular formula is C33H58O8Si. The van der Waals surface area contributed by atoms with Crippen LogP contribution in [0.5, 0.6) is 0 Å². The summed E-state index contributed by atoms with van der Waals surface area (Å²) in [7, 11) is -0.293. The van der Waals surface area contributed by atoms with Crippen molar-refractivity contribution in [2.24, 2.45) is 11.8 Å². The minimum Gasteiger partial charge on any atom is -0.459 e. The van der Waals surface area contributed by atoms with Gasteiger partial charge in [0.15, 0.2) is 14.1 Å². The molecule has 0 bridgehead atoms. The van der Waals surface area contributed by atoms with E-state index in [1.807, 2.05) is 32.9 Å². The maximum absolute atomic E-state index is 13.2. The second-order valence-corrected chi connectivity index (χ2v) is 18.7. The Morgan fingerprint density at radius 3 is 2.24 bits per heavy atom. The molecule has 8 nitrogen and oxygen atoms in total. The van der Waals surface area contributed by atoms with Crippen LogP contribution < -0.4 is 0 Å². The van der Waals surface area contributed by atoms with Gasteiger partial charge in [-0.3, -0.25) is 4.79 Å². The molecule has 0 aromatic rings. The lowest BCUT2D eigenvalue weighted by Crippen LogP contribution is -2.42. The standard InChI is InChI=1S/C33H58O8Si/c1-13-25-29(38-25)20-30(28(36-22-35-10)18-24(4)21-37-42(11,12)32(5,6)7)39-31(34)19-23(3)16-15-17-27-26(14-2)40-33(8,9)41-27/h13-15,17,23-30H,1-2,16,18-22H2,3-12H3/b17-15+/t23-,24+,25-,26-,27-,28-,29-,30-/m0/s1. The summed E-state index contributed by atoms with van der Waals surface area (Å²) in [5.41, 5.74) is 0. The molecule has 0 amide bonds. The second-order valence-electron chi connectivity index (χ2n) is 13.9. The molecule has 9 heteroatoms. The number of ether oxygens (including phenoxy) is 6. The predicted octanol–water partition coefficient (Wildman–Crippen LogP) is 6.96. The van der Waals surface area contributed by atoms with Gasteiger partial charge in [-0.2, -0.15) is 0 Å². The number of rotatable bonds is 19. The number of hydrogen-bond donors (Lipinski definition) is 0. The minimum absolute atomic E-state index is 0.0242. The molecule has 42 heavy (non-hydrogen) atoms. The summed E-state index contributed by atoms with van der Waals surface area (Å²) in [6.07, 6.45) is 8.51. The molecule has 2 aliphatic rings. The fraction of sp³-hybridized carbons (Fsp3) is 0.788. The Kier molecular flexibility index (Phi) is 14.1. The van der Waals surface area contributed by atoms with Crippen LogP contribution in [0.15, 0.2) is 37.5 Å². The zero-order chi connectivity index (χ0) is 31.7. The SMILES string of the molecule is C=C[C@@H]1OC(C)(C)O[C@H]1/C=C/C[C@H](C)CC(=O)O[C@@H](C[C@@H]1O[C@H]1C=C)[C@H](C[C@@H](C)CO[Si](C)(C)C(C)(C)C)OCOC. The Balaban J connectivity index is 2.01. The fourth-order valence-corrected chi connectivity index (χ4v) is 5.88. The summed E-state index contributed by atoms with van der Waals surface area (Å²) < 4.78 is 41.5. The van der Waals surface area contributed by atoms with Crippen molar-refractivity contribution < 1.29 is 37.6 Å². The number of carbonyl (C=O) groups excluding carboxylic acids is 1. The summed E-state index contributed by atoms with van der Waals surface area (Å²) in [5.74, 6) is -0.615. The number of carbonyl (C=O) groups is 1. The van der Waals surface area contributed by atoms with E-state index in [9.17, 15) is 4.79 Å². The van der Waals surface area contributed by atoms with Crippen LogP contribution in [0, 0.1) is 11.8 Å². The van der Waals surface area contributed by atoms with E-state index >= 15 is 0 Å². The number of epoxide rings is 1. The summed E-state index contributed by atoms with van der Waals surface area (Å²) in [5, 5.41) is 0.132. The van der Waals surface area contributed by atoms with E-state index < -0.39 is 20.2 Å². The maximum Gasteiger partial charge on any atom is 0.306 e. The Morgan fingerprint density at radius 2 is 1.67 bits per heavy atom. The van der Waals surface area contributed by atoms with E-state index in [0.717, 1.165) is 0 Å². The van der Waals surface area contributed by atoms with E-state index in [0.29, 0.717) is 25.9 Å². The van der Waals surface area contributed by atoms with Gasteiger partial charge in [0, 0.05) is 26.6 Å². The predicted molar refractivity (Wildman–Crippen MR) is 169 cm³/mol. The van der Waals surface area contributed by atoms with E-state index in [1.54, 1.807) is 19.3 Å². The first-order chi connectivity index (χ1) is 19.5. The lowest BCUT2D eigenvalue weighted by Gasteiger charge is -2.37. The van der Waals surface area contributed by atoms with Crippen LogP contribution in [0.1, 0.15) is 74.1 Å². The molecule has 2 saturated heterocycles. The number of methoxy groups -OCH3 is 1. The first-order valence-electron chi connectivity index (χ1n) is 15.4. The minimum atomic E-state index is -1.89. The van der Waals surface area contributed by atoms with Gasteiger partial charge in [0.1, 0.15) is 31.2 Å². The molecule has 0 N–H and O–H groups in total. The number of esters is 1. The van der Waals surface area contributed by atoms with Gasteiger partial charge in [-0.1, -0.05) is 58.9 Å². The molecule has 2 fully saturated rings. The first kappa shape index (κ1) is 36.9. The third-order valence-electron chi connectivity index (χ3n) is 8.36.